The first-order chi connectivity index (χ1) is 9.29. The highest BCUT2D eigenvalue weighted by molar-refractivity contribution is 7.91. The first kappa shape index (κ1) is 14.4. The molecule has 0 aromatic carbocycles. The second kappa shape index (κ2) is 5.19. The lowest BCUT2D eigenvalue weighted by Gasteiger charge is -2.01. The summed E-state index contributed by atoms with van der Waals surface area (Å²) in [5.41, 5.74) is 5.55. The number of rotatable bonds is 5. The van der Waals surface area contributed by atoms with Gasteiger partial charge >= 0.3 is 5.69 Å². The minimum Gasteiger partial charge on any atom is -0.385 e. The van der Waals surface area contributed by atoms with E-state index >= 15 is 0 Å². The molecular formula is C9H11N5O4S2. The lowest BCUT2D eigenvalue weighted by molar-refractivity contribution is -0.383. The van der Waals surface area contributed by atoms with Gasteiger partial charge in [0, 0.05) is 19.3 Å². The number of aryl methyl sites for hydroxylation is 1. The number of sulfonamides is 1. The monoisotopic (exact) mass is 317 g/mol. The topological polar surface area (TPSA) is 133 Å². The van der Waals surface area contributed by atoms with Gasteiger partial charge in [0.2, 0.25) is 0 Å². The van der Waals surface area contributed by atoms with Gasteiger partial charge in [-0.05, 0) is 6.07 Å². The molecule has 0 radical (unpaired) electrons. The van der Waals surface area contributed by atoms with E-state index in [4.69, 9.17) is 5.73 Å². The van der Waals surface area contributed by atoms with E-state index in [1.807, 2.05) is 0 Å². The molecule has 11 heteroatoms. The van der Waals surface area contributed by atoms with Crippen LogP contribution in [-0.2, 0) is 23.6 Å². The molecule has 2 rings (SSSR count). The van der Waals surface area contributed by atoms with Crippen LogP contribution in [0.5, 0.6) is 0 Å². The Morgan fingerprint density at radius 3 is 2.80 bits per heavy atom. The van der Waals surface area contributed by atoms with Crippen LogP contribution < -0.4 is 10.5 Å². The van der Waals surface area contributed by atoms with Gasteiger partial charge in [-0.15, -0.1) is 0 Å². The largest absolute Gasteiger partial charge is 0.385 e. The fourth-order valence-electron chi connectivity index (χ4n) is 1.45. The van der Waals surface area contributed by atoms with Crippen molar-refractivity contribution in [1.82, 2.24) is 14.5 Å². The number of nitrogens with zero attached hydrogens (tertiary/aromatic N) is 3. The van der Waals surface area contributed by atoms with Crippen LogP contribution in [-0.4, -0.2) is 23.1 Å². The molecule has 108 valence electrons. The summed E-state index contributed by atoms with van der Waals surface area (Å²) in [4.78, 5) is 9.93. The van der Waals surface area contributed by atoms with Crippen molar-refractivity contribution in [1.29, 1.82) is 0 Å². The molecule has 2 heterocycles. The number of thiophene rings is 1. The Morgan fingerprint density at radius 2 is 2.30 bits per heavy atom. The molecule has 2 aromatic rings. The summed E-state index contributed by atoms with van der Waals surface area (Å²) < 4.78 is 27.6. The number of aromatic nitrogens is 2. The average Bonchev–Trinajstić information content (AvgIpc) is 2.93. The Bertz CT molecular complexity index is 748. The van der Waals surface area contributed by atoms with Crippen molar-refractivity contribution in [2.45, 2.75) is 10.8 Å². The van der Waals surface area contributed by atoms with E-state index in [-0.39, 0.29) is 15.8 Å². The molecule has 0 unspecified atom stereocenters. The van der Waals surface area contributed by atoms with Crippen LogP contribution in [0, 0.1) is 10.1 Å². The fraction of sp³-hybridized carbons (Fsp3) is 0.222. The van der Waals surface area contributed by atoms with Crippen molar-refractivity contribution in [2.24, 2.45) is 7.05 Å². The Labute approximate surface area is 118 Å². The van der Waals surface area contributed by atoms with Crippen molar-refractivity contribution < 1.29 is 13.3 Å². The second-order valence-corrected chi connectivity index (χ2v) is 6.95. The van der Waals surface area contributed by atoms with Gasteiger partial charge in [-0.25, -0.2) is 13.1 Å². The quantitative estimate of drug-likeness (QED) is 0.607. The van der Waals surface area contributed by atoms with Crippen LogP contribution in [0.15, 0.2) is 22.5 Å². The molecular weight excluding hydrogens is 306 g/mol. The SMILES string of the molecule is Cn1ccc(CNS(=O)(=O)c2cc([N+](=O)[O-])c(N)s2)n1. The van der Waals surface area contributed by atoms with E-state index in [0.717, 1.165) is 6.07 Å². The summed E-state index contributed by atoms with van der Waals surface area (Å²) in [6.07, 6.45) is 1.68. The molecule has 0 saturated heterocycles. The molecule has 0 aliphatic heterocycles. The maximum absolute atomic E-state index is 12.0. The van der Waals surface area contributed by atoms with Crippen LogP contribution in [0.1, 0.15) is 5.69 Å². The van der Waals surface area contributed by atoms with Gasteiger partial charge in [-0.1, -0.05) is 11.3 Å². The van der Waals surface area contributed by atoms with Gasteiger partial charge in [-0.2, -0.15) is 5.10 Å². The Morgan fingerprint density at radius 1 is 1.60 bits per heavy atom. The van der Waals surface area contributed by atoms with Crippen molar-refractivity contribution >= 4 is 32.0 Å². The second-order valence-electron chi connectivity index (χ2n) is 3.88. The zero-order chi connectivity index (χ0) is 14.9. The van der Waals surface area contributed by atoms with Gasteiger partial charge in [0.05, 0.1) is 17.2 Å². The standard InChI is InChI=1S/C9H11N5O4S2/c1-13-3-2-6(12-13)5-11-20(17,18)8-4-7(14(15)16)9(10)19-8/h2-4,11H,5,10H2,1H3. The molecule has 20 heavy (non-hydrogen) atoms. The molecule has 3 N–H and O–H groups in total. The van der Waals surface area contributed by atoms with E-state index in [2.05, 4.69) is 9.82 Å². The van der Waals surface area contributed by atoms with Crippen molar-refractivity contribution in [3.8, 4) is 0 Å². The highest BCUT2D eigenvalue weighted by Crippen LogP contribution is 2.34. The smallest absolute Gasteiger partial charge is 0.304 e. The van der Waals surface area contributed by atoms with Gasteiger partial charge in [-0.3, -0.25) is 14.8 Å². The average molecular weight is 317 g/mol. The molecule has 2 aromatic heterocycles. The predicted molar refractivity (Wildman–Crippen MR) is 72.6 cm³/mol. The first-order valence-electron chi connectivity index (χ1n) is 5.31. The minimum atomic E-state index is -3.85. The number of nitrogen functional groups attached to an aromatic ring is 1. The number of hydrogen-bond donors (Lipinski definition) is 2. The number of nitrogens with two attached hydrogens (primary N) is 1. The normalized spacial score (nSPS) is 11.7. The maximum Gasteiger partial charge on any atom is 0.304 e. The van der Waals surface area contributed by atoms with E-state index in [1.165, 1.54) is 4.68 Å². The fourth-order valence-corrected chi connectivity index (χ4v) is 3.70. The molecule has 9 nitrogen and oxygen atoms in total. The van der Waals surface area contributed by atoms with E-state index in [0.29, 0.717) is 17.0 Å². The van der Waals surface area contributed by atoms with E-state index in [9.17, 15) is 18.5 Å². The number of nitro groups is 1. The van der Waals surface area contributed by atoms with Gasteiger partial charge < -0.3 is 5.73 Å². The number of anilines is 1. The summed E-state index contributed by atoms with van der Waals surface area (Å²) in [5.74, 6) is 0. The summed E-state index contributed by atoms with van der Waals surface area (Å²) in [5, 5.41) is 14.5. The zero-order valence-electron chi connectivity index (χ0n) is 10.3. The molecule has 0 aliphatic carbocycles. The van der Waals surface area contributed by atoms with E-state index < -0.39 is 20.6 Å². The molecule has 0 bridgehead atoms. The number of nitrogens with one attached hydrogen (secondary N) is 1. The molecule has 0 spiro atoms. The maximum atomic E-state index is 12.0. The summed E-state index contributed by atoms with van der Waals surface area (Å²) in [6.45, 7) is -0.00518. The van der Waals surface area contributed by atoms with Crippen molar-refractivity contribution in [2.75, 3.05) is 5.73 Å². The number of hydrogen-bond acceptors (Lipinski definition) is 7. The summed E-state index contributed by atoms with van der Waals surface area (Å²) in [7, 11) is -2.14. The summed E-state index contributed by atoms with van der Waals surface area (Å²) in [6, 6.07) is 2.61. The molecule has 0 amide bonds. The highest BCUT2D eigenvalue weighted by atomic mass is 32.2. The zero-order valence-corrected chi connectivity index (χ0v) is 11.9. The lowest BCUT2D eigenvalue weighted by Crippen LogP contribution is -2.22. The first-order valence-corrected chi connectivity index (χ1v) is 7.61. The Kier molecular flexibility index (Phi) is 3.74. The van der Waals surface area contributed by atoms with E-state index in [1.54, 1.807) is 19.3 Å². The van der Waals surface area contributed by atoms with Crippen LogP contribution in [0.3, 0.4) is 0 Å². The predicted octanol–water partition coefficient (Wildman–Crippen LogP) is 0.451. The van der Waals surface area contributed by atoms with Crippen LogP contribution in [0.2, 0.25) is 0 Å². The molecule has 0 aliphatic rings. The molecule has 0 fully saturated rings. The minimum absolute atomic E-state index is 0.00518. The van der Waals surface area contributed by atoms with Crippen molar-refractivity contribution in [3.05, 3.63) is 34.1 Å². The van der Waals surface area contributed by atoms with Crippen LogP contribution >= 0.6 is 11.3 Å². The molecule has 0 saturated carbocycles. The highest BCUT2D eigenvalue weighted by Gasteiger charge is 2.24. The Hall–Kier alpha value is -1.98. The Balaban J connectivity index is 2.18. The van der Waals surface area contributed by atoms with Gasteiger partial charge in [0.15, 0.2) is 5.00 Å². The summed E-state index contributed by atoms with van der Waals surface area (Å²) >= 11 is 0.650. The third-order valence-electron chi connectivity index (χ3n) is 2.39. The molecule has 0 atom stereocenters. The van der Waals surface area contributed by atoms with Gasteiger partial charge in [0.1, 0.15) is 4.21 Å². The van der Waals surface area contributed by atoms with Crippen LogP contribution in [0.4, 0.5) is 10.7 Å². The third kappa shape index (κ3) is 2.95. The van der Waals surface area contributed by atoms with Crippen molar-refractivity contribution in [3.63, 3.8) is 0 Å². The van der Waals surface area contributed by atoms with Crippen LogP contribution in [0.25, 0.3) is 0 Å². The third-order valence-corrected chi connectivity index (χ3v) is 5.22. The lowest BCUT2D eigenvalue weighted by atomic mass is 10.4. The van der Waals surface area contributed by atoms with Gasteiger partial charge in [0.25, 0.3) is 10.0 Å².